The standard InChI is InChI=1S/C19H17N3O5S/c1-12-7-8-14(19(24)27-2)11-17(12)28(25,26)22-21-18(23)16-10-9-13-5-3-4-6-15(13)20-16/h3-11,22H,1-2H3,(H,21,23). The number of esters is 1. The Balaban J connectivity index is 1.80. The van der Waals surface area contributed by atoms with Crippen LogP contribution in [0.4, 0.5) is 0 Å². The molecule has 0 fully saturated rings. The number of aryl methyl sites for hydroxylation is 1. The van der Waals surface area contributed by atoms with E-state index in [0.717, 1.165) is 5.39 Å². The molecule has 0 atom stereocenters. The Kier molecular flexibility index (Phi) is 5.39. The molecule has 0 saturated carbocycles. The number of hydrazine groups is 1. The van der Waals surface area contributed by atoms with Gasteiger partial charge >= 0.3 is 5.97 Å². The molecule has 9 heteroatoms. The second-order valence-corrected chi connectivity index (χ2v) is 7.57. The summed E-state index contributed by atoms with van der Waals surface area (Å²) in [6.45, 7) is 1.57. The van der Waals surface area contributed by atoms with Crippen LogP contribution in [-0.2, 0) is 14.8 Å². The number of methoxy groups -OCH3 is 1. The molecule has 2 aromatic carbocycles. The molecule has 2 N–H and O–H groups in total. The Morgan fingerprint density at radius 3 is 2.54 bits per heavy atom. The van der Waals surface area contributed by atoms with Crippen molar-refractivity contribution in [2.75, 3.05) is 7.11 Å². The summed E-state index contributed by atoms with van der Waals surface area (Å²) in [6, 6.07) is 14.6. The highest BCUT2D eigenvalue weighted by molar-refractivity contribution is 7.89. The lowest BCUT2D eigenvalue weighted by Gasteiger charge is -2.11. The average molecular weight is 399 g/mol. The molecule has 8 nitrogen and oxygen atoms in total. The quantitative estimate of drug-likeness (QED) is 0.501. The maximum atomic E-state index is 12.6. The summed E-state index contributed by atoms with van der Waals surface area (Å²) in [5.74, 6) is -1.38. The van der Waals surface area contributed by atoms with E-state index in [0.29, 0.717) is 11.1 Å². The zero-order valence-corrected chi connectivity index (χ0v) is 15.9. The van der Waals surface area contributed by atoms with Gasteiger partial charge in [0.1, 0.15) is 5.69 Å². The summed E-state index contributed by atoms with van der Waals surface area (Å²) < 4.78 is 29.7. The molecular formula is C19H17N3O5S. The third-order valence-electron chi connectivity index (χ3n) is 4.03. The highest BCUT2D eigenvalue weighted by atomic mass is 32.2. The summed E-state index contributed by atoms with van der Waals surface area (Å²) in [5.41, 5.74) is 3.29. The fraction of sp³-hybridized carbons (Fsp3) is 0.105. The zero-order chi connectivity index (χ0) is 20.3. The zero-order valence-electron chi connectivity index (χ0n) is 15.1. The first-order valence-corrected chi connectivity index (χ1v) is 9.67. The largest absolute Gasteiger partial charge is 0.465 e. The summed E-state index contributed by atoms with van der Waals surface area (Å²) in [6.07, 6.45) is 0. The number of aromatic nitrogens is 1. The van der Waals surface area contributed by atoms with E-state index in [2.05, 4.69) is 15.1 Å². The molecule has 3 aromatic rings. The predicted molar refractivity (Wildman–Crippen MR) is 102 cm³/mol. The van der Waals surface area contributed by atoms with E-state index in [1.54, 1.807) is 25.1 Å². The Labute approximate surface area is 161 Å². The maximum Gasteiger partial charge on any atom is 0.337 e. The number of para-hydroxylation sites is 1. The number of rotatable bonds is 5. The first-order valence-electron chi connectivity index (χ1n) is 8.19. The molecule has 3 rings (SSSR count). The second-order valence-electron chi connectivity index (χ2n) is 5.92. The first-order chi connectivity index (χ1) is 13.3. The number of hydrogen-bond donors (Lipinski definition) is 2. The SMILES string of the molecule is COC(=O)c1ccc(C)c(S(=O)(=O)NNC(=O)c2ccc3ccccc3n2)c1. The van der Waals surface area contributed by atoms with Crippen molar-refractivity contribution in [2.24, 2.45) is 0 Å². The normalized spacial score (nSPS) is 11.2. The van der Waals surface area contributed by atoms with Crippen molar-refractivity contribution in [1.29, 1.82) is 0 Å². The van der Waals surface area contributed by atoms with Crippen LogP contribution in [0.1, 0.15) is 26.4 Å². The van der Waals surface area contributed by atoms with Gasteiger partial charge in [0, 0.05) is 5.39 Å². The number of benzene rings is 2. The van der Waals surface area contributed by atoms with Crippen LogP contribution in [0.2, 0.25) is 0 Å². The van der Waals surface area contributed by atoms with Gasteiger partial charge in [0.05, 0.1) is 23.1 Å². The fourth-order valence-corrected chi connectivity index (χ4v) is 3.67. The van der Waals surface area contributed by atoms with Crippen LogP contribution >= 0.6 is 0 Å². The summed E-state index contributed by atoms with van der Waals surface area (Å²) in [5, 5.41) is 0.856. The van der Waals surface area contributed by atoms with E-state index in [-0.39, 0.29) is 16.2 Å². The van der Waals surface area contributed by atoms with Crippen molar-refractivity contribution in [2.45, 2.75) is 11.8 Å². The lowest BCUT2D eigenvalue weighted by atomic mass is 10.1. The van der Waals surface area contributed by atoms with Gasteiger partial charge in [0.15, 0.2) is 0 Å². The van der Waals surface area contributed by atoms with Gasteiger partial charge in [-0.3, -0.25) is 10.2 Å². The van der Waals surface area contributed by atoms with Crippen LogP contribution in [0.5, 0.6) is 0 Å². The minimum Gasteiger partial charge on any atom is -0.465 e. The summed E-state index contributed by atoms with van der Waals surface area (Å²) >= 11 is 0. The number of fused-ring (bicyclic) bond motifs is 1. The Hall–Kier alpha value is -3.30. The van der Waals surface area contributed by atoms with Crippen LogP contribution in [0.15, 0.2) is 59.5 Å². The molecule has 1 amide bonds. The van der Waals surface area contributed by atoms with Crippen LogP contribution in [0.25, 0.3) is 10.9 Å². The Morgan fingerprint density at radius 2 is 1.79 bits per heavy atom. The number of hydrogen-bond acceptors (Lipinski definition) is 6. The molecule has 0 radical (unpaired) electrons. The molecule has 0 unspecified atom stereocenters. The van der Waals surface area contributed by atoms with Crippen molar-refractivity contribution in [3.8, 4) is 0 Å². The maximum absolute atomic E-state index is 12.6. The van der Waals surface area contributed by atoms with Crippen molar-refractivity contribution >= 4 is 32.8 Å². The van der Waals surface area contributed by atoms with Gasteiger partial charge in [0.25, 0.3) is 15.9 Å². The molecule has 0 bridgehead atoms. The van der Waals surface area contributed by atoms with Crippen molar-refractivity contribution in [3.05, 3.63) is 71.4 Å². The van der Waals surface area contributed by atoms with Gasteiger partial charge in [-0.05, 0) is 36.8 Å². The van der Waals surface area contributed by atoms with E-state index in [1.165, 1.54) is 31.4 Å². The molecular weight excluding hydrogens is 382 g/mol. The molecule has 144 valence electrons. The number of carbonyl (C=O) groups is 2. The minimum atomic E-state index is -4.12. The third-order valence-corrected chi connectivity index (χ3v) is 5.42. The van der Waals surface area contributed by atoms with E-state index < -0.39 is 21.9 Å². The van der Waals surface area contributed by atoms with Crippen LogP contribution < -0.4 is 10.3 Å². The smallest absolute Gasteiger partial charge is 0.337 e. The number of carbonyl (C=O) groups excluding carboxylic acids is 2. The molecule has 1 aromatic heterocycles. The highest BCUT2D eigenvalue weighted by Crippen LogP contribution is 2.17. The molecule has 28 heavy (non-hydrogen) atoms. The molecule has 0 spiro atoms. The Morgan fingerprint density at radius 1 is 1.04 bits per heavy atom. The van der Waals surface area contributed by atoms with Gasteiger partial charge in [-0.1, -0.05) is 30.3 Å². The first kappa shape index (κ1) is 19.5. The molecule has 0 aliphatic carbocycles. The fourth-order valence-electron chi connectivity index (χ4n) is 2.56. The summed E-state index contributed by atoms with van der Waals surface area (Å²) in [7, 11) is -2.92. The third kappa shape index (κ3) is 4.00. The lowest BCUT2D eigenvalue weighted by Crippen LogP contribution is -2.42. The predicted octanol–water partition coefficient (Wildman–Crippen LogP) is 1.95. The van der Waals surface area contributed by atoms with Gasteiger partial charge < -0.3 is 4.74 Å². The van der Waals surface area contributed by atoms with Crippen molar-refractivity contribution in [1.82, 2.24) is 15.2 Å². The monoisotopic (exact) mass is 399 g/mol. The molecule has 0 saturated heterocycles. The average Bonchev–Trinajstić information content (AvgIpc) is 2.71. The summed E-state index contributed by atoms with van der Waals surface area (Å²) in [4.78, 5) is 30.0. The van der Waals surface area contributed by atoms with Crippen molar-refractivity contribution in [3.63, 3.8) is 0 Å². The number of sulfonamides is 1. The lowest BCUT2D eigenvalue weighted by molar-refractivity contribution is 0.0600. The number of amides is 1. The minimum absolute atomic E-state index is 0.0569. The number of nitrogens with zero attached hydrogens (tertiary/aromatic N) is 1. The number of ether oxygens (including phenoxy) is 1. The van der Waals surface area contributed by atoms with Crippen LogP contribution in [0, 0.1) is 6.92 Å². The number of pyridine rings is 1. The van der Waals surface area contributed by atoms with Crippen molar-refractivity contribution < 1.29 is 22.7 Å². The van der Waals surface area contributed by atoms with Crippen LogP contribution in [-0.4, -0.2) is 32.4 Å². The van der Waals surface area contributed by atoms with E-state index >= 15 is 0 Å². The van der Waals surface area contributed by atoms with Gasteiger partial charge in [0.2, 0.25) is 0 Å². The van der Waals surface area contributed by atoms with E-state index in [4.69, 9.17) is 0 Å². The number of nitrogens with one attached hydrogen (secondary N) is 2. The second kappa shape index (κ2) is 7.75. The van der Waals surface area contributed by atoms with Gasteiger partial charge in [-0.15, -0.1) is 4.83 Å². The molecule has 1 heterocycles. The Bertz CT molecular complexity index is 1180. The van der Waals surface area contributed by atoms with E-state index in [9.17, 15) is 18.0 Å². The van der Waals surface area contributed by atoms with Crippen LogP contribution in [0.3, 0.4) is 0 Å². The van der Waals surface area contributed by atoms with E-state index in [1.807, 2.05) is 17.0 Å². The highest BCUT2D eigenvalue weighted by Gasteiger charge is 2.21. The van der Waals surface area contributed by atoms with Gasteiger partial charge in [-0.2, -0.15) is 0 Å². The molecule has 0 aliphatic heterocycles. The molecule has 0 aliphatic rings. The van der Waals surface area contributed by atoms with Gasteiger partial charge in [-0.25, -0.2) is 18.2 Å². The topological polar surface area (TPSA) is 114 Å².